The van der Waals surface area contributed by atoms with Crippen LogP contribution in [-0.4, -0.2) is 24.3 Å². The van der Waals surface area contributed by atoms with Crippen LogP contribution in [-0.2, 0) is 4.79 Å². The van der Waals surface area contributed by atoms with E-state index < -0.39 is 0 Å². The van der Waals surface area contributed by atoms with Crippen LogP contribution in [0.3, 0.4) is 0 Å². The Bertz CT molecular complexity index is 985. The zero-order chi connectivity index (χ0) is 19.9. The van der Waals surface area contributed by atoms with Crippen LogP contribution in [0.1, 0.15) is 20.9 Å². The van der Waals surface area contributed by atoms with Gasteiger partial charge in [-0.2, -0.15) is 0 Å². The van der Waals surface area contributed by atoms with Crippen LogP contribution in [0.25, 0.3) is 0 Å². The fraction of sp³-hybridized carbons (Fsp3) is 0.0500. The van der Waals surface area contributed by atoms with Gasteiger partial charge in [0.25, 0.3) is 11.8 Å². The SMILES string of the molecule is O=C(CNC(=O)c1cccc(Br)c1)Nc1ccc(NC(=O)c2ccco2)cc1. The first kappa shape index (κ1) is 19.4. The van der Waals surface area contributed by atoms with Gasteiger partial charge in [-0.1, -0.05) is 22.0 Å². The van der Waals surface area contributed by atoms with Crippen molar-refractivity contribution in [2.24, 2.45) is 0 Å². The van der Waals surface area contributed by atoms with Gasteiger partial charge in [-0.3, -0.25) is 14.4 Å². The number of amides is 3. The molecule has 0 spiro atoms. The number of nitrogens with one attached hydrogen (secondary N) is 3. The summed E-state index contributed by atoms with van der Waals surface area (Å²) in [6.07, 6.45) is 1.42. The van der Waals surface area contributed by atoms with Crippen molar-refractivity contribution in [1.29, 1.82) is 0 Å². The van der Waals surface area contributed by atoms with E-state index in [1.807, 2.05) is 6.07 Å². The van der Waals surface area contributed by atoms with Crippen molar-refractivity contribution < 1.29 is 18.8 Å². The average Bonchev–Trinajstić information content (AvgIpc) is 3.22. The predicted molar refractivity (Wildman–Crippen MR) is 108 cm³/mol. The van der Waals surface area contributed by atoms with Crippen molar-refractivity contribution >= 4 is 45.0 Å². The molecule has 28 heavy (non-hydrogen) atoms. The highest BCUT2D eigenvalue weighted by Gasteiger charge is 2.10. The Balaban J connectivity index is 1.49. The fourth-order valence-electron chi connectivity index (χ4n) is 2.33. The molecule has 0 saturated heterocycles. The second-order valence-electron chi connectivity index (χ2n) is 5.75. The fourth-order valence-corrected chi connectivity index (χ4v) is 2.73. The lowest BCUT2D eigenvalue weighted by Gasteiger charge is -2.08. The summed E-state index contributed by atoms with van der Waals surface area (Å²) in [6.45, 7) is -0.164. The lowest BCUT2D eigenvalue weighted by atomic mass is 10.2. The third-order valence-corrected chi connectivity index (χ3v) is 4.16. The van der Waals surface area contributed by atoms with Gasteiger partial charge < -0.3 is 20.4 Å². The molecule has 142 valence electrons. The highest BCUT2D eigenvalue weighted by Crippen LogP contribution is 2.15. The molecule has 0 fully saturated rings. The van der Waals surface area contributed by atoms with Gasteiger partial charge in [0.05, 0.1) is 12.8 Å². The average molecular weight is 442 g/mol. The molecule has 0 aliphatic heterocycles. The molecule has 0 atom stereocenters. The lowest BCUT2D eigenvalue weighted by Crippen LogP contribution is -2.32. The van der Waals surface area contributed by atoms with Crippen molar-refractivity contribution in [3.8, 4) is 0 Å². The molecular formula is C20H16BrN3O4. The zero-order valence-electron chi connectivity index (χ0n) is 14.6. The Morgan fingerprint density at radius 2 is 1.57 bits per heavy atom. The standard InChI is InChI=1S/C20H16BrN3O4/c21-14-4-1-3-13(11-14)19(26)22-12-18(25)23-15-6-8-16(9-7-15)24-20(27)17-5-2-10-28-17/h1-11H,12H2,(H,22,26)(H,23,25)(H,24,27). The Morgan fingerprint density at radius 3 is 2.21 bits per heavy atom. The minimum Gasteiger partial charge on any atom is -0.459 e. The van der Waals surface area contributed by atoms with E-state index in [0.29, 0.717) is 16.9 Å². The maximum Gasteiger partial charge on any atom is 0.291 e. The van der Waals surface area contributed by atoms with Gasteiger partial charge in [-0.05, 0) is 54.6 Å². The minimum atomic E-state index is -0.365. The minimum absolute atomic E-state index is 0.164. The second kappa shape index (κ2) is 9.01. The van der Waals surface area contributed by atoms with Crippen LogP contribution in [0, 0.1) is 0 Å². The summed E-state index contributed by atoms with van der Waals surface area (Å²) in [4.78, 5) is 36.0. The molecule has 0 aliphatic rings. The maximum absolute atomic E-state index is 12.0. The quantitative estimate of drug-likeness (QED) is 0.543. The van der Waals surface area contributed by atoms with Crippen LogP contribution in [0.2, 0.25) is 0 Å². The molecule has 1 aromatic heterocycles. The molecule has 2 aromatic carbocycles. The highest BCUT2D eigenvalue weighted by atomic mass is 79.9. The lowest BCUT2D eigenvalue weighted by molar-refractivity contribution is -0.115. The Morgan fingerprint density at radius 1 is 0.857 bits per heavy atom. The molecule has 3 aromatic rings. The van der Waals surface area contributed by atoms with Crippen molar-refractivity contribution in [1.82, 2.24) is 5.32 Å². The van der Waals surface area contributed by atoms with Gasteiger partial charge in [0.2, 0.25) is 5.91 Å². The monoisotopic (exact) mass is 441 g/mol. The Hall–Kier alpha value is -3.39. The van der Waals surface area contributed by atoms with Gasteiger partial charge >= 0.3 is 0 Å². The van der Waals surface area contributed by atoms with E-state index in [1.54, 1.807) is 54.6 Å². The molecule has 0 aliphatic carbocycles. The van der Waals surface area contributed by atoms with Crippen LogP contribution >= 0.6 is 15.9 Å². The number of rotatable bonds is 6. The van der Waals surface area contributed by atoms with E-state index in [2.05, 4.69) is 31.9 Å². The predicted octanol–water partition coefficient (Wildman–Crippen LogP) is 3.66. The number of hydrogen-bond donors (Lipinski definition) is 3. The number of carbonyl (C=O) groups excluding carboxylic acids is 3. The van der Waals surface area contributed by atoms with Gasteiger partial charge in [0.15, 0.2) is 5.76 Å². The first-order valence-corrected chi connectivity index (χ1v) is 9.09. The van der Waals surface area contributed by atoms with Crippen molar-refractivity contribution in [3.63, 3.8) is 0 Å². The molecular weight excluding hydrogens is 426 g/mol. The topological polar surface area (TPSA) is 100 Å². The molecule has 3 N–H and O–H groups in total. The molecule has 0 bridgehead atoms. The number of carbonyl (C=O) groups is 3. The largest absolute Gasteiger partial charge is 0.459 e. The molecule has 0 saturated carbocycles. The summed E-state index contributed by atoms with van der Waals surface area (Å²) in [7, 11) is 0. The molecule has 7 nitrogen and oxygen atoms in total. The number of anilines is 2. The van der Waals surface area contributed by atoms with Crippen molar-refractivity contribution in [2.45, 2.75) is 0 Å². The van der Waals surface area contributed by atoms with Crippen LogP contribution < -0.4 is 16.0 Å². The molecule has 1 heterocycles. The number of halogens is 1. The number of hydrogen-bond acceptors (Lipinski definition) is 4. The summed E-state index contributed by atoms with van der Waals surface area (Å²) in [6, 6.07) is 16.7. The van der Waals surface area contributed by atoms with Gasteiger partial charge in [0.1, 0.15) is 0 Å². The van der Waals surface area contributed by atoms with Gasteiger partial charge in [0, 0.05) is 21.4 Å². The van der Waals surface area contributed by atoms with Gasteiger partial charge in [-0.15, -0.1) is 0 Å². The number of furan rings is 1. The molecule has 3 rings (SSSR count). The summed E-state index contributed by atoms with van der Waals surface area (Å²) < 4.78 is 5.80. The van der Waals surface area contributed by atoms with Crippen molar-refractivity contribution in [3.05, 3.63) is 82.7 Å². The summed E-state index contributed by atoms with van der Waals surface area (Å²) in [5, 5.41) is 7.92. The molecule has 0 unspecified atom stereocenters. The molecule has 3 amide bonds. The van der Waals surface area contributed by atoms with E-state index in [-0.39, 0.29) is 30.0 Å². The van der Waals surface area contributed by atoms with Crippen molar-refractivity contribution in [2.75, 3.05) is 17.2 Å². The van der Waals surface area contributed by atoms with Crippen LogP contribution in [0.5, 0.6) is 0 Å². The third kappa shape index (κ3) is 5.31. The Kier molecular flexibility index (Phi) is 6.23. The normalized spacial score (nSPS) is 10.2. The van der Waals surface area contributed by atoms with E-state index in [4.69, 9.17) is 4.42 Å². The summed E-state index contributed by atoms with van der Waals surface area (Å²) >= 11 is 3.30. The summed E-state index contributed by atoms with van der Waals surface area (Å²) in [5.74, 6) is -0.862. The van der Waals surface area contributed by atoms with E-state index in [1.165, 1.54) is 6.26 Å². The van der Waals surface area contributed by atoms with Gasteiger partial charge in [-0.25, -0.2) is 0 Å². The highest BCUT2D eigenvalue weighted by molar-refractivity contribution is 9.10. The van der Waals surface area contributed by atoms with E-state index in [9.17, 15) is 14.4 Å². The smallest absolute Gasteiger partial charge is 0.291 e. The second-order valence-corrected chi connectivity index (χ2v) is 6.67. The summed E-state index contributed by atoms with van der Waals surface area (Å²) in [5.41, 5.74) is 1.55. The third-order valence-electron chi connectivity index (χ3n) is 3.67. The first-order valence-electron chi connectivity index (χ1n) is 8.30. The Labute approximate surface area is 169 Å². The van der Waals surface area contributed by atoms with E-state index >= 15 is 0 Å². The van der Waals surface area contributed by atoms with Crippen LogP contribution in [0.15, 0.2) is 75.8 Å². The zero-order valence-corrected chi connectivity index (χ0v) is 16.2. The first-order chi connectivity index (χ1) is 13.5. The molecule has 8 heteroatoms. The maximum atomic E-state index is 12.0. The number of benzene rings is 2. The van der Waals surface area contributed by atoms with E-state index in [0.717, 1.165) is 4.47 Å². The van der Waals surface area contributed by atoms with Crippen LogP contribution in [0.4, 0.5) is 11.4 Å². The molecule has 0 radical (unpaired) electrons.